The highest BCUT2D eigenvalue weighted by Crippen LogP contribution is 2.27. The van der Waals surface area contributed by atoms with Gasteiger partial charge < -0.3 is 4.57 Å². The Hall–Kier alpha value is -1.90. The standard InChI is InChI=1S/C23H33NO2/c1-18-19(2)23(26)21(20(3)22(18)25)14-10-8-6-4-5-7-9-11-15-24-16-12-13-17-24/h12-13,16-17H,4-11,14-15H2,1-3H3. The Morgan fingerprint density at radius 1 is 0.654 bits per heavy atom. The minimum Gasteiger partial charge on any atom is -0.354 e. The number of carbonyl (C=O) groups is 2. The van der Waals surface area contributed by atoms with E-state index in [1.165, 1.54) is 38.5 Å². The lowest BCUT2D eigenvalue weighted by Gasteiger charge is -2.18. The maximum atomic E-state index is 12.4. The normalized spacial score (nSPS) is 15.3. The Bertz CT molecular complexity index is 677. The van der Waals surface area contributed by atoms with E-state index in [4.69, 9.17) is 0 Å². The summed E-state index contributed by atoms with van der Waals surface area (Å²) in [4.78, 5) is 24.5. The molecule has 2 rings (SSSR count). The second kappa shape index (κ2) is 10.3. The molecule has 26 heavy (non-hydrogen) atoms. The van der Waals surface area contributed by atoms with Gasteiger partial charge in [-0.15, -0.1) is 0 Å². The molecule has 0 aliphatic heterocycles. The van der Waals surface area contributed by atoms with Crippen LogP contribution in [0.2, 0.25) is 0 Å². The van der Waals surface area contributed by atoms with E-state index >= 15 is 0 Å². The summed E-state index contributed by atoms with van der Waals surface area (Å²) in [5, 5.41) is 0. The third kappa shape index (κ3) is 5.55. The highest BCUT2D eigenvalue weighted by atomic mass is 16.1. The monoisotopic (exact) mass is 355 g/mol. The first-order valence-corrected chi connectivity index (χ1v) is 10.1. The third-order valence-corrected chi connectivity index (χ3v) is 5.57. The summed E-state index contributed by atoms with van der Waals surface area (Å²) in [6.07, 6.45) is 14.8. The van der Waals surface area contributed by atoms with E-state index < -0.39 is 0 Å². The van der Waals surface area contributed by atoms with Crippen molar-refractivity contribution in [3.05, 3.63) is 46.8 Å². The zero-order chi connectivity index (χ0) is 18.9. The number of hydrogen-bond acceptors (Lipinski definition) is 2. The van der Waals surface area contributed by atoms with Crippen molar-refractivity contribution >= 4 is 11.6 Å². The molecule has 1 aromatic heterocycles. The summed E-state index contributed by atoms with van der Waals surface area (Å²) in [5.74, 6) is 0.138. The lowest BCUT2D eigenvalue weighted by atomic mass is 9.84. The molecule has 1 aromatic rings. The van der Waals surface area contributed by atoms with Crippen LogP contribution in [0.15, 0.2) is 46.8 Å². The first kappa shape index (κ1) is 20.4. The number of aromatic nitrogens is 1. The average molecular weight is 356 g/mol. The Balaban J connectivity index is 1.54. The molecule has 0 amide bonds. The summed E-state index contributed by atoms with van der Waals surface area (Å²) < 4.78 is 2.24. The number of Topliss-reactive ketones (excluding diaryl/α,β-unsaturated/α-hetero) is 2. The van der Waals surface area contributed by atoms with E-state index in [2.05, 4.69) is 29.1 Å². The van der Waals surface area contributed by atoms with Crippen LogP contribution in [0, 0.1) is 0 Å². The second-order valence-corrected chi connectivity index (χ2v) is 7.51. The molecule has 142 valence electrons. The molecule has 0 atom stereocenters. The fraction of sp³-hybridized carbons (Fsp3) is 0.565. The van der Waals surface area contributed by atoms with Gasteiger partial charge in [0.15, 0.2) is 11.6 Å². The lowest BCUT2D eigenvalue weighted by Crippen LogP contribution is -2.20. The molecule has 1 aliphatic rings. The summed E-state index contributed by atoms with van der Waals surface area (Å²) in [7, 11) is 0. The number of hydrogen-bond donors (Lipinski definition) is 0. The second-order valence-electron chi connectivity index (χ2n) is 7.51. The van der Waals surface area contributed by atoms with Crippen LogP contribution >= 0.6 is 0 Å². The predicted octanol–water partition coefficient (Wildman–Crippen LogP) is 5.80. The van der Waals surface area contributed by atoms with Gasteiger partial charge in [0.2, 0.25) is 0 Å². The maximum absolute atomic E-state index is 12.4. The molecule has 0 bridgehead atoms. The summed E-state index contributed by atoms with van der Waals surface area (Å²) >= 11 is 0. The average Bonchev–Trinajstić information content (AvgIpc) is 3.15. The zero-order valence-corrected chi connectivity index (χ0v) is 16.6. The van der Waals surface area contributed by atoms with Gasteiger partial charge in [0.05, 0.1) is 0 Å². The molecule has 0 radical (unpaired) electrons. The largest absolute Gasteiger partial charge is 0.354 e. The van der Waals surface area contributed by atoms with E-state index in [1.54, 1.807) is 20.8 Å². The summed E-state index contributed by atoms with van der Waals surface area (Å²) in [6, 6.07) is 4.15. The van der Waals surface area contributed by atoms with Crippen molar-refractivity contribution in [2.45, 2.75) is 85.1 Å². The van der Waals surface area contributed by atoms with Crippen molar-refractivity contribution in [3.8, 4) is 0 Å². The molecule has 0 saturated carbocycles. The van der Waals surface area contributed by atoms with Crippen LogP contribution in [0.25, 0.3) is 0 Å². The summed E-state index contributed by atoms with van der Waals surface area (Å²) in [5.41, 5.74) is 2.67. The van der Waals surface area contributed by atoms with Gasteiger partial charge in [-0.05, 0) is 52.2 Å². The van der Waals surface area contributed by atoms with E-state index in [0.29, 0.717) is 16.7 Å². The van der Waals surface area contributed by atoms with Crippen LogP contribution in [-0.2, 0) is 16.1 Å². The third-order valence-electron chi connectivity index (χ3n) is 5.57. The van der Waals surface area contributed by atoms with Crippen LogP contribution in [0.5, 0.6) is 0 Å². The van der Waals surface area contributed by atoms with Crippen molar-refractivity contribution < 1.29 is 9.59 Å². The minimum atomic E-state index is 0.0528. The Morgan fingerprint density at radius 2 is 1.15 bits per heavy atom. The number of nitrogens with zero attached hydrogens (tertiary/aromatic N) is 1. The highest BCUT2D eigenvalue weighted by Gasteiger charge is 2.26. The number of aryl methyl sites for hydroxylation is 1. The number of unbranched alkanes of at least 4 members (excludes halogenated alkanes) is 7. The fourth-order valence-electron chi connectivity index (χ4n) is 3.63. The Labute approximate surface area is 158 Å². The van der Waals surface area contributed by atoms with Crippen molar-refractivity contribution in [1.29, 1.82) is 0 Å². The van der Waals surface area contributed by atoms with Crippen LogP contribution in [0.4, 0.5) is 0 Å². The Morgan fingerprint density at radius 3 is 1.77 bits per heavy atom. The SMILES string of the molecule is CC1=C(C)C(=O)C(CCCCCCCCCCn2cccc2)=C(C)C1=O. The van der Waals surface area contributed by atoms with Gasteiger partial charge in [-0.25, -0.2) is 0 Å². The predicted molar refractivity (Wildman–Crippen MR) is 107 cm³/mol. The molecule has 3 nitrogen and oxygen atoms in total. The van der Waals surface area contributed by atoms with Gasteiger partial charge in [-0.1, -0.05) is 38.5 Å². The molecule has 0 unspecified atom stereocenters. The van der Waals surface area contributed by atoms with Gasteiger partial charge >= 0.3 is 0 Å². The molecule has 0 N–H and O–H groups in total. The molecular weight excluding hydrogens is 322 g/mol. The molecular formula is C23H33NO2. The van der Waals surface area contributed by atoms with Gasteiger partial charge in [0.25, 0.3) is 0 Å². The van der Waals surface area contributed by atoms with E-state index in [1.807, 2.05) is 0 Å². The summed E-state index contributed by atoms with van der Waals surface area (Å²) in [6.45, 7) is 6.47. The number of ketones is 2. The van der Waals surface area contributed by atoms with Crippen LogP contribution < -0.4 is 0 Å². The number of rotatable bonds is 11. The molecule has 1 aliphatic carbocycles. The number of carbonyl (C=O) groups excluding carboxylic acids is 2. The van der Waals surface area contributed by atoms with Crippen molar-refractivity contribution in [1.82, 2.24) is 4.57 Å². The maximum Gasteiger partial charge on any atom is 0.185 e. The molecule has 0 saturated heterocycles. The first-order valence-electron chi connectivity index (χ1n) is 10.1. The molecule has 3 heteroatoms. The molecule has 0 spiro atoms. The van der Waals surface area contributed by atoms with Crippen molar-refractivity contribution in [2.24, 2.45) is 0 Å². The first-order chi connectivity index (χ1) is 12.5. The van der Waals surface area contributed by atoms with E-state index in [0.717, 1.165) is 31.4 Å². The smallest absolute Gasteiger partial charge is 0.185 e. The van der Waals surface area contributed by atoms with E-state index in [-0.39, 0.29) is 11.6 Å². The number of allylic oxidation sites excluding steroid dienone is 4. The fourth-order valence-corrected chi connectivity index (χ4v) is 3.63. The van der Waals surface area contributed by atoms with Crippen LogP contribution in [0.3, 0.4) is 0 Å². The van der Waals surface area contributed by atoms with Crippen molar-refractivity contribution in [2.75, 3.05) is 0 Å². The van der Waals surface area contributed by atoms with Gasteiger partial charge in [0.1, 0.15) is 0 Å². The van der Waals surface area contributed by atoms with Gasteiger partial charge in [0, 0.05) is 41.2 Å². The zero-order valence-electron chi connectivity index (χ0n) is 16.6. The molecule has 0 fully saturated rings. The Kier molecular flexibility index (Phi) is 8.08. The highest BCUT2D eigenvalue weighted by molar-refractivity contribution is 6.24. The van der Waals surface area contributed by atoms with Crippen LogP contribution in [-0.4, -0.2) is 16.1 Å². The lowest BCUT2D eigenvalue weighted by molar-refractivity contribution is -0.116. The topological polar surface area (TPSA) is 39.1 Å². The van der Waals surface area contributed by atoms with Gasteiger partial charge in [-0.2, -0.15) is 0 Å². The minimum absolute atomic E-state index is 0.0528. The molecule has 1 heterocycles. The van der Waals surface area contributed by atoms with Crippen molar-refractivity contribution in [3.63, 3.8) is 0 Å². The quantitative estimate of drug-likeness (QED) is 0.371. The van der Waals surface area contributed by atoms with Crippen LogP contribution in [0.1, 0.15) is 78.6 Å². The molecule has 0 aromatic carbocycles. The van der Waals surface area contributed by atoms with Gasteiger partial charge in [-0.3, -0.25) is 9.59 Å². The van der Waals surface area contributed by atoms with E-state index in [9.17, 15) is 9.59 Å².